The van der Waals surface area contributed by atoms with Crippen molar-refractivity contribution in [3.05, 3.63) is 60.2 Å². The fourth-order valence-electron chi connectivity index (χ4n) is 3.28. The minimum absolute atomic E-state index is 0.484. The third-order valence-electron chi connectivity index (χ3n) is 4.71. The number of rotatable bonds is 3. The van der Waals surface area contributed by atoms with E-state index in [2.05, 4.69) is 37.2 Å². The van der Waals surface area contributed by atoms with E-state index in [-0.39, 0.29) is 0 Å². The zero-order valence-electron chi connectivity index (χ0n) is 13.8. The summed E-state index contributed by atoms with van der Waals surface area (Å²) >= 11 is 0. The van der Waals surface area contributed by atoms with Gasteiger partial charge in [-0.1, -0.05) is 0 Å². The molecule has 1 aliphatic rings. The number of aromatic nitrogens is 4. The first-order valence-electron chi connectivity index (χ1n) is 8.40. The molecule has 4 heterocycles. The van der Waals surface area contributed by atoms with E-state index in [0.29, 0.717) is 11.5 Å². The molecule has 0 unspecified atom stereocenters. The Morgan fingerprint density at radius 3 is 2.60 bits per heavy atom. The Morgan fingerprint density at radius 1 is 1.12 bits per heavy atom. The number of nitriles is 1. The molecule has 0 spiro atoms. The summed E-state index contributed by atoms with van der Waals surface area (Å²) in [5.74, 6) is 1.43. The molecule has 6 nitrogen and oxygen atoms in total. The molecule has 0 atom stereocenters. The Balaban J connectivity index is 1.42. The van der Waals surface area contributed by atoms with Crippen molar-refractivity contribution in [1.82, 2.24) is 20.2 Å². The molecule has 0 aromatic carbocycles. The van der Waals surface area contributed by atoms with Gasteiger partial charge < -0.3 is 4.90 Å². The standard InChI is InChI=1S/C19H18N6/c20-12-14-1-2-19(22-13-14)25-9-5-16(6-10-25)18-11-17(23-24-18)15-3-7-21-8-4-15/h1-4,7-8,11,13,16H,5-6,9-10H2,(H,23,24). The Kier molecular flexibility index (Phi) is 4.13. The summed E-state index contributed by atoms with van der Waals surface area (Å²) in [6.07, 6.45) is 7.32. The van der Waals surface area contributed by atoms with Gasteiger partial charge in [-0.25, -0.2) is 4.98 Å². The van der Waals surface area contributed by atoms with E-state index in [1.54, 1.807) is 18.6 Å². The third kappa shape index (κ3) is 3.22. The summed E-state index contributed by atoms with van der Waals surface area (Å²) < 4.78 is 0. The van der Waals surface area contributed by atoms with E-state index >= 15 is 0 Å². The second-order valence-corrected chi connectivity index (χ2v) is 6.22. The maximum atomic E-state index is 8.87. The maximum Gasteiger partial charge on any atom is 0.128 e. The first kappa shape index (κ1) is 15.3. The fourth-order valence-corrected chi connectivity index (χ4v) is 3.28. The number of pyridine rings is 2. The number of nitrogens with zero attached hydrogens (tertiary/aromatic N) is 5. The molecule has 0 bridgehead atoms. The molecule has 4 rings (SSSR count). The van der Waals surface area contributed by atoms with Crippen LogP contribution in [-0.2, 0) is 0 Å². The highest BCUT2D eigenvalue weighted by Gasteiger charge is 2.23. The zero-order chi connectivity index (χ0) is 17.1. The summed E-state index contributed by atoms with van der Waals surface area (Å²) in [5, 5.41) is 16.5. The second kappa shape index (κ2) is 6.73. The highest BCUT2D eigenvalue weighted by molar-refractivity contribution is 5.58. The molecule has 0 aliphatic carbocycles. The predicted octanol–water partition coefficient (Wildman–Crippen LogP) is 3.12. The van der Waals surface area contributed by atoms with Gasteiger partial charge >= 0.3 is 0 Å². The Morgan fingerprint density at radius 2 is 1.92 bits per heavy atom. The number of nitrogens with one attached hydrogen (secondary N) is 1. The summed E-state index contributed by atoms with van der Waals surface area (Å²) in [5.41, 5.74) is 3.84. The van der Waals surface area contributed by atoms with Gasteiger partial charge in [0.05, 0.1) is 11.3 Å². The topological polar surface area (TPSA) is 81.5 Å². The van der Waals surface area contributed by atoms with Crippen molar-refractivity contribution in [2.24, 2.45) is 0 Å². The lowest BCUT2D eigenvalue weighted by Crippen LogP contribution is -2.33. The lowest BCUT2D eigenvalue weighted by atomic mass is 9.93. The highest BCUT2D eigenvalue weighted by Crippen LogP contribution is 2.30. The number of hydrogen-bond donors (Lipinski definition) is 1. The van der Waals surface area contributed by atoms with Crippen LogP contribution >= 0.6 is 0 Å². The van der Waals surface area contributed by atoms with Crippen LogP contribution in [0.15, 0.2) is 48.9 Å². The van der Waals surface area contributed by atoms with Crippen molar-refractivity contribution in [3.8, 4) is 17.3 Å². The van der Waals surface area contributed by atoms with Crippen molar-refractivity contribution in [2.75, 3.05) is 18.0 Å². The SMILES string of the molecule is N#Cc1ccc(N2CCC(c3cc(-c4ccncc4)n[nH]3)CC2)nc1. The van der Waals surface area contributed by atoms with Crippen LogP contribution in [0.5, 0.6) is 0 Å². The molecule has 1 N–H and O–H groups in total. The third-order valence-corrected chi connectivity index (χ3v) is 4.71. The van der Waals surface area contributed by atoms with E-state index in [9.17, 15) is 0 Å². The molecular formula is C19H18N6. The monoisotopic (exact) mass is 330 g/mol. The van der Waals surface area contributed by atoms with Crippen LogP contribution in [0.1, 0.15) is 30.0 Å². The summed E-state index contributed by atoms with van der Waals surface area (Å²) in [6, 6.07) is 11.9. The molecule has 3 aromatic rings. The molecule has 1 fully saturated rings. The van der Waals surface area contributed by atoms with Gasteiger partial charge in [0.15, 0.2) is 0 Å². The Hall–Kier alpha value is -3.20. The summed E-state index contributed by atoms with van der Waals surface area (Å²) in [4.78, 5) is 10.7. The number of anilines is 1. The van der Waals surface area contributed by atoms with Gasteiger partial charge in [0.1, 0.15) is 11.9 Å². The van der Waals surface area contributed by atoms with Crippen LogP contribution in [0.4, 0.5) is 5.82 Å². The second-order valence-electron chi connectivity index (χ2n) is 6.22. The predicted molar refractivity (Wildman–Crippen MR) is 95.0 cm³/mol. The minimum atomic E-state index is 0.484. The lowest BCUT2D eigenvalue weighted by Gasteiger charge is -2.32. The molecule has 0 radical (unpaired) electrons. The van der Waals surface area contributed by atoms with Crippen LogP contribution in [0.3, 0.4) is 0 Å². The number of piperidine rings is 1. The van der Waals surface area contributed by atoms with Crippen LogP contribution in [0, 0.1) is 11.3 Å². The van der Waals surface area contributed by atoms with Gasteiger partial charge in [-0.3, -0.25) is 10.1 Å². The molecule has 1 saturated heterocycles. The van der Waals surface area contributed by atoms with E-state index in [0.717, 1.165) is 43.0 Å². The average molecular weight is 330 g/mol. The summed E-state index contributed by atoms with van der Waals surface area (Å²) in [7, 11) is 0. The largest absolute Gasteiger partial charge is 0.357 e. The Bertz CT molecular complexity index is 870. The van der Waals surface area contributed by atoms with Gasteiger partial charge in [-0.2, -0.15) is 10.4 Å². The number of H-pyrrole nitrogens is 1. The van der Waals surface area contributed by atoms with Crippen molar-refractivity contribution >= 4 is 5.82 Å². The maximum absolute atomic E-state index is 8.87. The van der Waals surface area contributed by atoms with Crippen LogP contribution in [0.2, 0.25) is 0 Å². The molecule has 25 heavy (non-hydrogen) atoms. The van der Waals surface area contributed by atoms with E-state index in [1.807, 2.05) is 24.3 Å². The highest BCUT2D eigenvalue weighted by atomic mass is 15.2. The number of hydrogen-bond acceptors (Lipinski definition) is 5. The van der Waals surface area contributed by atoms with Crippen molar-refractivity contribution < 1.29 is 0 Å². The zero-order valence-corrected chi connectivity index (χ0v) is 13.8. The molecule has 6 heteroatoms. The lowest BCUT2D eigenvalue weighted by molar-refractivity contribution is 0.493. The van der Waals surface area contributed by atoms with E-state index in [1.165, 1.54) is 5.69 Å². The molecular weight excluding hydrogens is 312 g/mol. The van der Waals surface area contributed by atoms with Crippen LogP contribution in [-0.4, -0.2) is 33.3 Å². The molecule has 124 valence electrons. The first-order chi connectivity index (χ1) is 12.3. The van der Waals surface area contributed by atoms with Gasteiger partial charge in [0.2, 0.25) is 0 Å². The molecule has 1 aliphatic heterocycles. The average Bonchev–Trinajstić information content (AvgIpc) is 3.19. The molecule has 0 saturated carbocycles. The van der Waals surface area contributed by atoms with Crippen molar-refractivity contribution in [1.29, 1.82) is 5.26 Å². The summed E-state index contributed by atoms with van der Waals surface area (Å²) in [6.45, 7) is 1.90. The molecule has 3 aromatic heterocycles. The van der Waals surface area contributed by atoms with Gasteiger partial charge in [-0.15, -0.1) is 0 Å². The van der Waals surface area contributed by atoms with Gasteiger partial charge in [-0.05, 0) is 43.2 Å². The van der Waals surface area contributed by atoms with Crippen LogP contribution in [0.25, 0.3) is 11.3 Å². The van der Waals surface area contributed by atoms with Crippen LogP contribution < -0.4 is 4.90 Å². The number of aromatic amines is 1. The normalized spacial score (nSPS) is 15.1. The van der Waals surface area contributed by atoms with Gasteiger partial charge in [0.25, 0.3) is 0 Å². The quantitative estimate of drug-likeness (QED) is 0.798. The van der Waals surface area contributed by atoms with E-state index < -0.39 is 0 Å². The fraction of sp³-hybridized carbons (Fsp3) is 0.263. The van der Waals surface area contributed by atoms with Crippen molar-refractivity contribution in [2.45, 2.75) is 18.8 Å². The smallest absolute Gasteiger partial charge is 0.128 e. The van der Waals surface area contributed by atoms with Gasteiger partial charge in [0, 0.05) is 48.9 Å². The Labute approximate surface area is 146 Å². The molecule has 0 amide bonds. The minimum Gasteiger partial charge on any atom is -0.357 e. The van der Waals surface area contributed by atoms with E-state index in [4.69, 9.17) is 5.26 Å². The first-order valence-corrected chi connectivity index (χ1v) is 8.40. The van der Waals surface area contributed by atoms with Crippen molar-refractivity contribution in [3.63, 3.8) is 0 Å².